The van der Waals surface area contributed by atoms with Crippen LogP contribution in [0.5, 0.6) is 0 Å². The van der Waals surface area contributed by atoms with Crippen LogP contribution in [0.2, 0.25) is 10.0 Å². The minimum atomic E-state index is -0.942. The maximum Gasteiger partial charge on any atom is 0.328 e. The Balaban J connectivity index is 2.17. The fourth-order valence-electron chi connectivity index (χ4n) is 2.08. The minimum Gasteiger partial charge on any atom is -0.478 e. The molecule has 0 aromatic heterocycles. The molecule has 0 heterocycles. The lowest BCUT2D eigenvalue weighted by Gasteiger charge is -2.08. The van der Waals surface area contributed by atoms with Gasteiger partial charge in [-0.15, -0.1) is 0 Å². The molecular weight excluding hydrogens is 307 g/mol. The smallest absolute Gasteiger partial charge is 0.328 e. The Morgan fingerprint density at radius 1 is 1.05 bits per heavy atom. The van der Waals surface area contributed by atoms with Gasteiger partial charge in [0.1, 0.15) is 0 Å². The van der Waals surface area contributed by atoms with Crippen LogP contribution in [0, 0.1) is 0 Å². The van der Waals surface area contributed by atoms with Gasteiger partial charge < -0.3 is 5.11 Å². The number of carbonyl (C=O) groups is 1. The number of carboxylic acid groups (broad SMARTS) is 1. The summed E-state index contributed by atoms with van der Waals surface area (Å²) in [6.45, 7) is 0. The van der Waals surface area contributed by atoms with Crippen molar-refractivity contribution in [3.63, 3.8) is 0 Å². The topological polar surface area (TPSA) is 37.3 Å². The Bertz CT molecular complexity index is 664. The molecule has 108 valence electrons. The highest BCUT2D eigenvalue weighted by atomic mass is 35.5. The molecule has 0 atom stereocenters. The van der Waals surface area contributed by atoms with Gasteiger partial charge in [0, 0.05) is 6.08 Å². The SMILES string of the molecule is O=C(O)/C=C(\CCc1ccc(Cl)c(Cl)c1)c1ccccc1. The zero-order valence-electron chi connectivity index (χ0n) is 11.2. The zero-order chi connectivity index (χ0) is 15.2. The highest BCUT2D eigenvalue weighted by Gasteiger charge is 2.06. The van der Waals surface area contributed by atoms with E-state index in [1.54, 1.807) is 6.07 Å². The Labute approximate surface area is 133 Å². The lowest BCUT2D eigenvalue weighted by Crippen LogP contribution is -1.95. The normalized spacial score (nSPS) is 11.4. The summed E-state index contributed by atoms with van der Waals surface area (Å²) in [4.78, 5) is 11.0. The van der Waals surface area contributed by atoms with Crippen LogP contribution in [-0.2, 0) is 11.2 Å². The maximum atomic E-state index is 11.0. The monoisotopic (exact) mass is 320 g/mol. The molecule has 4 heteroatoms. The first kappa shape index (κ1) is 15.6. The first-order valence-electron chi connectivity index (χ1n) is 6.49. The molecule has 0 aliphatic heterocycles. The third-order valence-corrected chi connectivity index (χ3v) is 3.85. The van der Waals surface area contributed by atoms with Crippen molar-refractivity contribution < 1.29 is 9.90 Å². The Morgan fingerprint density at radius 2 is 1.76 bits per heavy atom. The van der Waals surface area contributed by atoms with Crippen molar-refractivity contribution in [3.05, 3.63) is 75.8 Å². The molecule has 0 bridgehead atoms. The van der Waals surface area contributed by atoms with E-state index in [0.29, 0.717) is 22.9 Å². The molecule has 0 saturated carbocycles. The van der Waals surface area contributed by atoms with Crippen molar-refractivity contribution in [1.29, 1.82) is 0 Å². The van der Waals surface area contributed by atoms with Crippen LogP contribution in [0.15, 0.2) is 54.6 Å². The summed E-state index contributed by atoms with van der Waals surface area (Å²) in [6, 6.07) is 15.0. The van der Waals surface area contributed by atoms with Gasteiger partial charge in [-0.3, -0.25) is 0 Å². The molecule has 2 rings (SSSR count). The summed E-state index contributed by atoms with van der Waals surface area (Å²) in [6.07, 6.45) is 2.58. The molecule has 0 spiro atoms. The second-order valence-corrected chi connectivity index (χ2v) is 5.44. The van der Waals surface area contributed by atoms with E-state index in [9.17, 15) is 4.79 Å². The fraction of sp³-hybridized carbons (Fsp3) is 0.118. The number of hydrogen-bond donors (Lipinski definition) is 1. The first-order chi connectivity index (χ1) is 10.1. The lowest BCUT2D eigenvalue weighted by molar-refractivity contribution is -0.131. The molecule has 0 aliphatic rings. The molecule has 0 radical (unpaired) electrons. The first-order valence-corrected chi connectivity index (χ1v) is 7.24. The molecule has 0 amide bonds. The summed E-state index contributed by atoms with van der Waals surface area (Å²) >= 11 is 11.9. The van der Waals surface area contributed by atoms with Gasteiger partial charge in [-0.2, -0.15) is 0 Å². The van der Waals surface area contributed by atoms with Crippen molar-refractivity contribution >= 4 is 34.7 Å². The molecule has 0 fully saturated rings. The number of rotatable bonds is 5. The molecule has 2 aromatic rings. The van der Waals surface area contributed by atoms with E-state index >= 15 is 0 Å². The summed E-state index contributed by atoms with van der Waals surface area (Å²) in [7, 11) is 0. The van der Waals surface area contributed by atoms with Crippen LogP contribution in [0.4, 0.5) is 0 Å². The average Bonchev–Trinajstić information content (AvgIpc) is 2.47. The molecule has 0 aliphatic carbocycles. The quantitative estimate of drug-likeness (QED) is 0.779. The summed E-state index contributed by atoms with van der Waals surface area (Å²) in [5.41, 5.74) is 2.73. The van der Waals surface area contributed by atoms with Gasteiger partial charge in [0.2, 0.25) is 0 Å². The number of aryl methyl sites for hydroxylation is 1. The van der Waals surface area contributed by atoms with E-state index in [1.807, 2.05) is 42.5 Å². The van der Waals surface area contributed by atoms with Crippen LogP contribution in [0.1, 0.15) is 17.5 Å². The standard InChI is InChI=1S/C17H14Cl2O2/c18-15-9-7-12(10-16(15)19)6-8-14(11-17(20)21)13-4-2-1-3-5-13/h1-5,7,9-11H,6,8H2,(H,20,21)/b14-11+. The highest BCUT2D eigenvalue weighted by molar-refractivity contribution is 6.42. The molecule has 2 nitrogen and oxygen atoms in total. The van der Waals surface area contributed by atoms with E-state index in [0.717, 1.165) is 16.7 Å². The van der Waals surface area contributed by atoms with Gasteiger partial charge in [0.25, 0.3) is 0 Å². The van der Waals surface area contributed by atoms with Gasteiger partial charge in [0.05, 0.1) is 10.0 Å². The van der Waals surface area contributed by atoms with Crippen molar-refractivity contribution in [3.8, 4) is 0 Å². The predicted molar refractivity (Wildman–Crippen MR) is 86.8 cm³/mol. The minimum absolute atomic E-state index is 0.512. The molecule has 1 N–H and O–H groups in total. The van der Waals surface area contributed by atoms with Gasteiger partial charge >= 0.3 is 5.97 Å². The van der Waals surface area contributed by atoms with Crippen LogP contribution in [-0.4, -0.2) is 11.1 Å². The number of allylic oxidation sites excluding steroid dienone is 1. The van der Waals surface area contributed by atoms with Gasteiger partial charge in [-0.1, -0.05) is 59.6 Å². The van der Waals surface area contributed by atoms with Gasteiger partial charge in [-0.25, -0.2) is 4.79 Å². The molecule has 21 heavy (non-hydrogen) atoms. The molecule has 2 aromatic carbocycles. The maximum absolute atomic E-state index is 11.0. The number of carboxylic acids is 1. The highest BCUT2D eigenvalue weighted by Crippen LogP contribution is 2.25. The van der Waals surface area contributed by atoms with E-state index in [4.69, 9.17) is 28.3 Å². The Hall–Kier alpha value is -1.77. The van der Waals surface area contributed by atoms with Crippen molar-refractivity contribution in [1.82, 2.24) is 0 Å². The second-order valence-electron chi connectivity index (χ2n) is 4.62. The molecular formula is C17H14Cl2O2. The van der Waals surface area contributed by atoms with E-state index < -0.39 is 5.97 Å². The van der Waals surface area contributed by atoms with Gasteiger partial charge in [0.15, 0.2) is 0 Å². The number of aliphatic carboxylic acids is 1. The summed E-state index contributed by atoms with van der Waals surface area (Å²) in [5, 5.41) is 10.0. The Morgan fingerprint density at radius 3 is 2.38 bits per heavy atom. The number of benzene rings is 2. The number of halogens is 2. The van der Waals surface area contributed by atoms with Gasteiger partial charge in [-0.05, 0) is 41.7 Å². The van der Waals surface area contributed by atoms with Crippen LogP contribution in [0.25, 0.3) is 5.57 Å². The largest absolute Gasteiger partial charge is 0.478 e. The second kappa shape index (κ2) is 7.30. The average molecular weight is 321 g/mol. The molecule has 0 saturated heterocycles. The van der Waals surface area contributed by atoms with Crippen molar-refractivity contribution in [2.24, 2.45) is 0 Å². The van der Waals surface area contributed by atoms with Crippen LogP contribution >= 0.6 is 23.2 Å². The van der Waals surface area contributed by atoms with Crippen molar-refractivity contribution in [2.45, 2.75) is 12.8 Å². The Kier molecular flexibility index (Phi) is 5.43. The van der Waals surface area contributed by atoms with E-state index in [2.05, 4.69) is 0 Å². The third kappa shape index (κ3) is 4.62. The predicted octanol–water partition coefficient (Wildman–Crippen LogP) is 5.09. The lowest BCUT2D eigenvalue weighted by atomic mass is 9.98. The fourth-order valence-corrected chi connectivity index (χ4v) is 2.40. The van der Waals surface area contributed by atoms with Crippen molar-refractivity contribution in [2.75, 3.05) is 0 Å². The van der Waals surface area contributed by atoms with E-state index in [-0.39, 0.29) is 0 Å². The van der Waals surface area contributed by atoms with Crippen LogP contribution < -0.4 is 0 Å². The van der Waals surface area contributed by atoms with Crippen LogP contribution in [0.3, 0.4) is 0 Å². The summed E-state index contributed by atoms with van der Waals surface area (Å²) < 4.78 is 0. The molecule has 0 unspecified atom stereocenters. The van der Waals surface area contributed by atoms with E-state index in [1.165, 1.54) is 6.08 Å². The number of hydrogen-bond acceptors (Lipinski definition) is 1. The zero-order valence-corrected chi connectivity index (χ0v) is 12.7. The third-order valence-electron chi connectivity index (χ3n) is 3.11. The summed E-state index contributed by atoms with van der Waals surface area (Å²) in [5.74, 6) is -0.942.